The molecular weight excluding hydrogens is 200 g/mol. The minimum Gasteiger partial charge on any atom is -0.480 e. The second-order valence-corrected chi connectivity index (χ2v) is 3.89. The third kappa shape index (κ3) is 3.17. The Balaban J connectivity index is 2.50. The molecule has 0 aromatic carbocycles. The van der Waals surface area contributed by atoms with Gasteiger partial charge in [0.2, 0.25) is 5.91 Å². The van der Waals surface area contributed by atoms with Gasteiger partial charge in [0, 0.05) is 13.1 Å². The van der Waals surface area contributed by atoms with Crippen LogP contribution in [-0.4, -0.2) is 53.7 Å². The Morgan fingerprint density at radius 1 is 1.47 bits per heavy atom. The second-order valence-electron chi connectivity index (χ2n) is 3.89. The average Bonchev–Trinajstić information content (AvgIpc) is 2.18. The fraction of sp³-hybridized carbons (Fsp3) is 0.778. The van der Waals surface area contributed by atoms with Crippen molar-refractivity contribution in [1.29, 1.82) is 0 Å². The first kappa shape index (κ1) is 11.9. The first-order chi connectivity index (χ1) is 6.93. The number of nitrogens with two attached hydrogens (primary N) is 1. The van der Waals surface area contributed by atoms with E-state index in [1.54, 1.807) is 4.90 Å². The average molecular weight is 216 g/mol. The van der Waals surface area contributed by atoms with Gasteiger partial charge in [0.1, 0.15) is 5.54 Å². The summed E-state index contributed by atoms with van der Waals surface area (Å²) in [6, 6.07) is 0. The lowest BCUT2D eigenvalue weighted by atomic mass is 9.99. The van der Waals surface area contributed by atoms with E-state index in [1.165, 1.54) is 6.92 Å². The van der Waals surface area contributed by atoms with Gasteiger partial charge in [0.25, 0.3) is 0 Å². The third-order valence-corrected chi connectivity index (χ3v) is 2.37. The van der Waals surface area contributed by atoms with E-state index in [2.05, 4.69) is 0 Å². The zero-order valence-corrected chi connectivity index (χ0v) is 8.73. The van der Waals surface area contributed by atoms with E-state index in [1.807, 2.05) is 0 Å². The Morgan fingerprint density at radius 2 is 2.00 bits per heavy atom. The lowest BCUT2D eigenvalue weighted by Gasteiger charge is -2.29. The van der Waals surface area contributed by atoms with Crippen molar-refractivity contribution >= 4 is 11.9 Å². The number of carbonyl (C=O) groups excluding carboxylic acids is 1. The number of morpholine rings is 1. The van der Waals surface area contributed by atoms with Crippen molar-refractivity contribution in [3.05, 3.63) is 0 Å². The Labute approximate surface area is 88.0 Å². The van der Waals surface area contributed by atoms with Crippen LogP contribution >= 0.6 is 0 Å². The predicted octanol–water partition coefficient (Wildman–Crippen LogP) is -0.963. The molecular formula is C9H16N2O4. The number of amides is 1. The number of ether oxygens (including phenoxy) is 1. The smallest absolute Gasteiger partial charge is 0.323 e. The monoisotopic (exact) mass is 216 g/mol. The summed E-state index contributed by atoms with van der Waals surface area (Å²) in [5, 5.41) is 8.77. The van der Waals surface area contributed by atoms with Crippen molar-refractivity contribution < 1.29 is 19.4 Å². The molecule has 1 unspecified atom stereocenters. The van der Waals surface area contributed by atoms with Crippen molar-refractivity contribution in [3.8, 4) is 0 Å². The van der Waals surface area contributed by atoms with Gasteiger partial charge in [-0.25, -0.2) is 0 Å². The number of hydrogen-bond donors (Lipinski definition) is 2. The molecule has 0 aromatic rings. The molecule has 1 aliphatic heterocycles. The Hall–Kier alpha value is -1.14. The largest absolute Gasteiger partial charge is 0.480 e. The van der Waals surface area contributed by atoms with E-state index in [4.69, 9.17) is 15.6 Å². The molecule has 6 nitrogen and oxygen atoms in total. The van der Waals surface area contributed by atoms with Gasteiger partial charge in [-0.15, -0.1) is 0 Å². The molecule has 1 saturated heterocycles. The highest BCUT2D eigenvalue weighted by Crippen LogP contribution is 2.10. The first-order valence-electron chi connectivity index (χ1n) is 4.81. The quantitative estimate of drug-likeness (QED) is 0.633. The maximum atomic E-state index is 11.6. The third-order valence-electron chi connectivity index (χ3n) is 2.37. The molecule has 0 radical (unpaired) electrons. The number of carboxylic acids is 1. The van der Waals surface area contributed by atoms with Gasteiger partial charge in [-0.2, -0.15) is 0 Å². The van der Waals surface area contributed by atoms with Crippen LogP contribution in [0.3, 0.4) is 0 Å². The van der Waals surface area contributed by atoms with Crippen molar-refractivity contribution in [2.24, 2.45) is 5.73 Å². The highest BCUT2D eigenvalue weighted by Gasteiger charge is 2.33. The van der Waals surface area contributed by atoms with E-state index in [9.17, 15) is 9.59 Å². The summed E-state index contributed by atoms with van der Waals surface area (Å²) in [6.07, 6.45) is -0.178. The second kappa shape index (κ2) is 4.59. The molecule has 0 saturated carbocycles. The van der Waals surface area contributed by atoms with E-state index in [0.717, 1.165) is 0 Å². The maximum Gasteiger partial charge on any atom is 0.323 e. The predicted molar refractivity (Wildman–Crippen MR) is 52.2 cm³/mol. The van der Waals surface area contributed by atoms with Crippen LogP contribution in [0, 0.1) is 0 Å². The Kier molecular flexibility index (Phi) is 3.65. The van der Waals surface area contributed by atoms with Crippen LogP contribution in [0.4, 0.5) is 0 Å². The molecule has 0 aliphatic carbocycles. The summed E-state index contributed by atoms with van der Waals surface area (Å²) in [5.41, 5.74) is 4.00. The number of nitrogens with zero attached hydrogens (tertiary/aromatic N) is 1. The zero-order valence-electron chi connectivity index (χ0n) is 8.73. The highest BCUT2D eigenvalue weighted by atomic mass is 16.5. The van der Waals surface area contributed by atoms with Crippen molar-refractivity contribution in [2.75, 3.05) is 26.3 Å². The first-order valence-corrected chi connectivity index (χ1v) is 4.81. The molecule has 0 bridgehead atoms. The molecule has 15 heavy (non-hydrogen) atoms. The molecule has 3 N–H and O–H groups in total. The molecule has 1 fully saturated rings. The molecule has 0 spiro atoms. The summed E-state index contributed by atoms with van der Waals surface area (Å²) in [5.74, 6) is -1.39. The van der Waals surface area contributed by atoms with Crippen molar-refractivity contribution in [2.45, 2.75) is 18.9 Å². The lowest BCUT2D eigenvalue weighted by molar-refractivity contribution is -0.148. The van der Waals surface area contributed by atoms with Crippen LogP contribution in [0.25, 0.3) is 0 Å². The van der Waals surface area contributed by atoms with E-state index in [0.29, 0.717) is 26.3 Å². The minimum absolute atomic E-state index is 0.178. The van der Waals surface area contributed by atoms with Crippen LogP contribution in [0.5, 0.6) is 0 Å². The fourth-order valence-electron chi connectivity index (χ4n) is 1.31. The van der Waals surface area contributed by atoms with Gasteiger partial charge >= 0.3 is 5.97 Å². The summed E-state index contributed by atoms with van der Waals surface area (Å²) >= 11 is 0. The Bertz CT molecular complexity index is 259. The van der Waals surface area contributed by atoms with Gasteiger partial charge in [-0.05, 0) is 6.92 Å². The number of carbonyl (C=O) groups is 2. The normalized spacial score (nSPS) is 20.8. The van der Waals surface area contributed by atoms with Gasteiger partial charge in [-0.3, -0.25) is 9.59 Å². The summed E-state index contributed by atoms with van der Waals surface area (Å²) < 4.78 is 5.09. The van der Waals surface area contributed by atoms with E-state index in [-0.39, 0.29) is 12.3 Å². The standard InChI is InChI=1S/C9H16N2O4/c1-9(10,8(13)14)6-7(12)11-2-4-15-5-3-11/h2-6,10H2,1H3,(H,13,14). The molecule has 86 valence electrons. The van der Waals surface area contributed by atoms with Crippen LogP contribution < -0.4 is 5.73 Å². The van der Waals surface area contributed by atoms with Crippen LogP contribution in [0.1, 0.15) is 13.3 Å². The summed E-state index contributed by atoms with van der Waals surface area (Å²) in [4.78, 5) is 23.9. The molecule has 0 aromatic heterocycles. The topological polar surface area (TPSA) is 92.9 Å². The highest BCUT2D eigenvalue weighted by molar-refractivity contribution is 5.87. The molecule has 1 aliphatic rings. The SMILES string of the molecule is CC(N)(CC(=O)N1CCOCC1)C(=O)O. The van der Waals surface area contributed by atoms with Gasteiger partial charge in [-0.1, -0.05) is 0 Å². The number of carboxylic acid groups (broad SMARTS) is 1. The molecule has 1 rings (SSSR count). The maximum absolute atomic E-state index is 11.6. The minimum atomic E-state index is -1.49. The summed E-state index contributed by atoms with van der Waals surface area (Å²) in [6.45, 7) is 3.36. The zero-order chi connectivity index (χ0) is 11.5. The van der Waals surface area contributed by atoms with E-state index < -0.39 is 11.5 Å². The van der Waals surface area contributed by atoms with Crippen LogP contribution in [0.2, 0.25) is 0 Å². The van der Waals surface area contributed by atoms with Gasteiger partial charge in [0.15, 0.2) is 0 Å². The lowest BCUT2D eigenvalue weighted by Crippen LogP contribution is -2.51. The molecule has 6 heteroatoms. The summed E-state index contributed by atoms with van der Waals surface area (Å²) in [7, 11) is 0. The van der Waals surface area contributed by atoms with Crippen LogP contribution in [0.15, 0.2) is 0 Å². The molecule has 1 heterocycles. The fourth-order valence-corrected chi connectivity index (χ4v) is 1.31. The number of hydrogen-bond acceptors (Lipinski definition) is 4. The van der Waals surface area contributed by atoms with Crippen molar-refractivity contribution in [1.82, 2.24) is 4.90 Å². The van der Waals surface area contributed by atoms with Crippen LogP contribution in [-0.2, 0) is 14.3 Å². The van der Waals surface area contributed by atoms with Gasteiger partial charge < -0.3 is 20.5 Å². The number of aliphatic carboxylic acids is 1. The van der Waals surface area contributed by atoms with E-state index >= 15 is 0 Å². The van der Waals surface area contributed by atoms with Gasteiger partial charge in [0.05, 0.1) is 19.6 Å². The number of rotatable bonds is 3. The Morgan fingerprint density at radius 3 is 2.47 bits per heavy atom. The molecule has 1 amide bonds. The van der Waals surface area contributed by atoms with Crippen molar-refractivity contribution in [3.63, 3.8) is 0 Å². The molecule has 1 atom stereocenters.